The van der Waals surface area contributed by atoms with Crippen LogP contribution in [-0.4, -0.2) is 11.9 Å². The minimum absolute atomic E-state index is 0.318. The van der Waals surface area contributed by atoms with Crippen molar-refractivity contribution in [2.75, 3.05) is 0 Å². The molecule has 0 spiro atoms. The topological polar surface area (TPSA) is 38.7 Å². The highest BCUT2D eigenvalue weighted by molar-refractivity contribution is 6.15. The Kier molecular flexibility index (Phi) is 3.80. The average molecular weight is 363 g/mol. The molecule has 4 aromatic carbocycles. The molecule has 0 aromatic heterocycles. The first-order valence-corrected chi connectivity index (χ1v) is 9.19. The Labute approximate surface area is 162 Å². The average Bonchev–Trinajstić information content (AvgIpc) is 3.08. The van der Waals surface area contributed by atoms with Crippen LogP contribution in [0.1, 0.15) is 16.7 Å². The first kappa shape index (κ1) is 16.5. The summed E-state index contributed by atoms with van der Waals surface area (Å²) in [6.07, 6.45) is 1.84. The number of ether oxygens (including phenoxy) is 1. The molecule has 134 valence electrons. The lowest BCUT2D eigenvalue weighted by Crippen LogP contribution is -2.05. The van der Waals surface area contributed by atoms with Crippen LogP contribution in [0.3, 0.4) is 0 Å². The lowest BCUT2D eigenvalue weighted by molar-refractivity contribution is -0.129. The van der Waals surface area contributed by atoms with E-state index >= 15 is 0 Å². The Morgan fingerprint density at radius 2 is 1.50 bits per heavy atom. The van der Waals surface area contributed by atoms with E-state index in [0.717, 1.165) is 38.2 Å². The van der Waals surface area contributed by atoms with Gasteiger partial charge >= 0.3 is 5.97 Å². The van der Waals surface area contributed by atoms with Gasteiger partial charge in [-0.25, -0.2) is 9.79 Å². The third-order valence-corrected chi connectivity index (χ3v) is 4.98. The van der Waals surface area contributed by atoms with E-state index < -0.39 is 5.97 Å². The lowest BCUT2D eigenvalue weighted by Gasteiger charge is -2.08. The largest absolute Gasteiger partial charge is 0.402 e. The highest BCUT2D eigenvalue weighted by Gasteiger charge is 2.24. The van der Waals surface area contributed by atoms with Gasteiger partial charge in [-0.3, -0.25) is 0 Å². The van der Waals surface area contributed by atoms with Crippen LogP contribution in [0.4, 0.5) is 0 Å². The maximum absolute atomic E-state index is 12.5. The molecule has 28 heavy (non-hydrogen) atoms. The molecule has 1 aliphatic rings. The van der Waals surface area contributed by atoms with Gasteiger partial charge in [0.05, 0.1) is 0 Å². The number of rotatable bonds is 2. The quantitative estimate of drug-likeness (QED) is 0.262. The number of hydrogen-bond donors (Lipinski definition) is 0. The summed E-state index contributed by atoms with van der Waals surface area (Å²) < 4.78 is 5.45. The summed E-state index contributed by atoms with van der Waals surface area (Å²) in [7, 11) is 0. The maximum atomic E-state index is 12.5. The molecule has 1 aliphatic heterocycles. The summed E-state index contributed by atoms with van der Waals surface area (Å²) >= 11 is 0. The number of cyclic esters (lactones) is 1. The Morgan fingerprint density at radius 3 is 2.18 bits per heavy atom. The van der Waals surface area contributed by atoms with Crippen molar-refractivity contribution in [1.82, 2.24) is 0 Å². The van der Waals surface area contributed by atoms with Gasteiger partial charge in [0.2, 0.25) is 5.90 Å². The van der Waals surface area contributed by atoms with Crippen LogP contribution in [0.5, 0.6) is 0 Å². The van der Waals surface area contributed by atoms with E-state index in [1.165, 1.54) is 0 Å². The van der Waals surface area contributed by atoms with E-state index in [4.69, 9.17) is 4.74 Å². The molecule has 0 fully saturated rings. The Hall–Kier alpha value is -3.72. The van der Waals surface area contributed by atoms with Crippen molar-refractivity contribution < 1.29 is 9.53 Å². The molecule has 3 nitrogen and oxygen atoms in total. The molecule has 0 saturated heterocycles. The molecule has 0 radical (unpaired) electrons. The zero-order chi connectivity index (χ0) is 19.1. The molecule has 0 aliphatic carbocycles. The van der Waals surface area contributed by atoms with Crippen molar-refractivity contribution in [1.29, 1.82) is 0 Å². The van der Waals surface area contributed by atoms with Crippen molar-refractivity contribution in [3.05, 3.63) is 101 Å². The third kappa shape index (κ3) is 2.78. The summed E-state index contributed by atoms with van der Waals surface area (Å²) in [6.45, 7) is 2.00. The van der Waals surface area contributed by atoms with E-state index in [0.29, 0.717) is 11.6 Å². The Morgan fingerprint density at radius 1 is 0.821 bits per heavy atom. The highest BCUT2D eigenvalue weighted by Crippen LogP contribution is 2.31. The molecule has 0 atom stereocenters. The Balaban J connectivity index is 1.72. The fourth-order valence-corrected chi connectivity index (χ4v) is 3.65. The van der Waals surface area contributed by atoms with Gasteiger partial charge in [0.15, 0.2) is 5.70 Å². The van der Waals surface area contributed by atoms with Gasteiger partial charge in [0.25, 0.3) is 0 Å². The first-order chi connectivity index (χ1) is 13.7. The third-order valence-electron chi connectivity index (χ3n) is 4.98. The van der Waals surface area contributed by atoms with E-state index in [1.807, 2.05) is 61.5 Å². The number of aliphatic imine (C=N–C) groups is 1. The van der Waals surface area contributed by atoms with Crippen LogP contribution in [0.2, 0.25) is 0 Å². The highest BCUT2D eigenvalue weighted by atomic mass is 16.6. The molecule has 0 amide bonds. The molecule has 0 N–H and O–H groups in total. The predicted molar refractivity (Wildman–Crippen MR) is 113 cm³/mol. The molecular weight excluding hydrogens is 346 g/mol. The molecule has 3 heteroatoms. The van der Waals surface area contributed by atoms with Crippen molar-refractivity contribution in [3.63, 3.8) is 0 Å². The summed E-state index contributed by atoms with van der Waals surface area (Å²) in [5.41, 5.74) is 3.20. The number of fused-ring (bicyclic) bond motifs is 2. The summed E-state index contributed by atoms with van der Waals surface area (Å²) in [5.74, 6) is -0.0713. The minimum Gasteiger partial charge on any atom is -0.402 e. The lowest BCUT2D eigenvalue weighted by atomic mass is 9.96. The first-order valence-electron chi connectivity index (χ1n) is 9.19. The van der Waals surface area contributed by atoms with Crippen LogP contribution in [0.25, 0.3) is 27.6 Å². The number of aryl methyl sites for hydroxylation is 1. The van der Waals surface area contributed by atoms with Crippen molar-refractivity contribution >= 4 is 39.5 Å². The van der Waals surface area contributed by atoms with Gasteiger partial charge in [-0.2, -0.15) is 0 Å². The van der Waals surface area contributed by atoms with Crippen molar-refractivity contribution in [3.8, 4) is 0 Å². The smallest absolute Gasteiger partial charge is 0.363 e. The summed E-state index contributed by atoms with van der Waals surface area (Å²) in [5, 5.41) is 4.42. The minimum atomic E-state index is -0.423. The van der Waals surface area contributed by atoms with Crippen LogP contribution in [0.15, 0.2) is 89.6 Å². The molecule has 0 bridgehead atoms. The fraction of sp³-hybridized carbons (Fsp3) is 0.0400. The second-order valence-corrected chi connectivity index (χ2v) is 6.94. The van der Waals surface area contributed by atoms with E-state index in [9.17, 15) is 4.79 Å². The van der Waals surface area contributed by atoms with E-state index in [1.54, 1.807) is 0 Å². The summed E-state index contributed by atoms with van der Waals surface area (Å²) in [6, 6.07) is 26.3. The standard InChI is InChI=1S/C25H17NO2/c1-16-7-6-10-19(13-16)24-26-23(25(27)28-24)15-22-20-11-4-2-8-17(20)14-18-9-3-5-12-21(18)22/h2-15H,1H3/b23-15-. The SMILES string of the molecule is Cc1cccc(C2=N/C(=C\c3c4ccccc4cc4ccccc34)C(=O)O2)c1. The second-order valence-electron chi connectivity index (χ2n) is 6.94. The second kappa shape index (κ2) is 6.46. The zero-order valence-corrected chi connectivity index (χ0v) is 15.3. The van der Waals surface area contributed by atoms with E-state index in [-0.39, 0.29) is 0 Å². The number of carbonyl (C=O) groups excluding carboxylic acids is 1. The molecule has 1 heterocycles. The molecule has 5 rings (SSSR count). The number of esters is 1. The van der Waals surface area contributed by atoms with Gasteiger partial charge in [-0.1, -0.05) is 66.2 Å². The van der Waals surface area contributed by atoms with Gasteiger partial charge in [0, 0.05) is 5.56 Å². The van der Waals surface area contributed by atoms with Gasteiger partial charge in [-0.15, -0.1) is 0 Å². The van der Waals surface area contributed by atoms with Gasteiger partial charge in [-0.05, 0) is 58.3 Å². The number of hydrogen-bond acceptors (Lipinski definition) is 3. The Bertz CT molecular complexity index is 1260. The molecule has 0 saturated carbocycles. The van der Waals surface area contributed by atoms with E-state index in [2.05, 4.69) is 35.3 Å². The number of benzene rings is 4. The van der Waals surface area contributed by atoms with Gasteiger partial charge < -0.3 is 4.74 Å². The van der Waals surface area contributed by atoms with Crippen molar-refractivity contribution in [2.45, 2.75) is 6.92 Å². The van der Waals surface area contributed by atoms with Crippen LogP contribution >= 0.6 is 0 Å². The van der Waals surface area contributed by atoms with Gasteiger partial charge in [0.1, 0.15) is 0 Å². The molecule has 4 aromatic rings. The predicted octanol–water partition coefficient (Wildman–Crippen LogP) is 5.65. The van der Waals surface area contributed by atoms with Crippen molar-refractivity contribution in [2.24, 2.45) is 4.99 Å². The maximum Gasteiger partial charge on any atom is 0.363 e. The fourth-order valence-electron chi connectivity index (χ4n) is 3.65. The number of nitrogens with zero attached hydrogens (tertiary/aromatic N) is 1. The van der Waals surface area contributed by atoms with Crippen LogP contribution < -0.4 is 0 Å². The normalized spacial score (nSPS) is 15.2. The number of carbonyl (C=O) groups is 1. The molecular formula is C25H17NO2. The molecule has 0 unspecified atom stereocenters. The monoisotopic (exact) mass is 363 g/mol. The zero-order valence-electron chi connectivity index (χ0n) is 15.3. The van der Waals surface area contributed by atoms with Crippen LogP contribution in [0, 0.1) is 6.92 Å². The summed E-state index contributed by atoms with van der Waals surface area (Å²) in [4.78, 5) is 17.0. The van der Waals surface area contributed by atoms with Crippen LogP contribution in [-0.2, 0) is 9.53 Å².